The quantitative estimate of drug-likeness (QED) is 0.783. The van der Waals surface area contributed by atoms with E-state index < -0.39 is 0 Å². The maximum absolute atomic E-state index is 4.36. The number of hydrogen-bond acceptors (Lipinski definition) is 2. The molecule has 0 radical (unpaired) electrons. The molecule has 1 aliphatic heterocycles. The van der Waals surface area contributed by atoms with Crippen molar-refractivity contribution in [3.8, 4) is 0 Å². The fourth-order valence-corrected chi connectivity index (χ4v) is 5.32. The number of likely N-dealkylation sites (tertiary alicyclic amines) is 1. The second-order valence-corrected chi connectivity index (χ2v) is 8.34. The lowest BCUT2D eigenvalue weighted by atomic mass is 9.60. The predicted molar refractivity (Wildman–Crippen MR) is 96.5 cm³/mol. The first kappa shape index (κ1) is 17.0. The Morgan fingerprint density at radius 1 is 1.09 bits per heavy atom. The molecule has 0 amide bonds. The number of hydrogen-bond donors (Lipinski definition) is 1. The molecule has 1 aromatic rings. The molecule has 2 aliphatic rings. The number of aromatic amines is 1. The molecule has 1 N–H and O–H groups in total. The van der Waals surface area contributed by atoms with Crippen molar-refractivity contribution >= 4 is 0 Å². The van der Waals surface area contributed by atoms with E-state index in [9.17, 15) is 0 Å². The van der Waals surface area contributed by atoms with E-state index in [0.29, 0.717) is 10.8 Å². The van der Waals surface area contributed by atoms with Gasteiger partial charge in [-0.1, -0.05) is 26.7 Å². The molecule has 1 spiro atoms. The molecule has 3 heteroatoms. The summed E-state index contributed by atoms with van der Waals surface area (Å²) >= 11 is 0. The first-order valence-electron chi connectivity index (χ1n) is 9.89. The fraction of sp³-hybridized carbons (Fsp3) is 0.850. The molecule has 1 saturated carbocycles. The van der Waals surface area contributed by atoms with Crippen LogP contribution in [0.15, 0.2) is 12.5 Å². The molecule has 23 heavy (non-hydrogen) atoms. The zero-order valence-corrected chi connectivity index (χ0v) is 15.2. The summed E-state index contributed by atoms with van der Waals surface area (Å²) in [5.74, 6) is 0. The summed E-state index contributed by atoms with van der Waals surface area (Å²) in [6.07, 6.45) is 17.9. The van der Waals surface area contributed by atoms with Crippen molar-refractivity contribution in [3.05, 3.63) is 18.2 Å². The summed E-state index contributed by atoms with van der Waals surface area (Å²) in [5.41, 5.74) is 2.55. The average Bonchev–Trinajstić information content (AvgIpc) is 3.20. The minimum Gasteiger partial charge on any atom is -0.351 e. The predicted octanol–water partition coefficient (Wildman–Crippen LogP) is 4.80. The lowest BCUT2D eigenvalue weighted by Crippen LogP contribution is -2.36. The van der Waals surface area contributed by atoms with Crippen LogP contribution in [-0.4, -0.2) is 34.5 Å². The number of aromatic nitrogens is 2. The van der Waals surface area contributed by atoms with Crippen molar-refractivity contribution < 1.29 is 0 Å². The van der Waals surface area contributed by atoms with Gasteiger partial charge in [0, 0.05) is 25.7 Å². The highest BCUT2D eigenvalue weighted by Gasteiger charge is 2.44. The summed E-state index contributed by atoms with van der Waals surface area (Å²) in [4.78, 5) is 10.1. The Kier molecular flexibility index (Phi) is 5.45. The van der Waals surface area contributed by atoms with Crippen LogP contribution in [0.3, 0.4) is 0 Å². The fourth-order valence-electron chi connectivity index (χ4n) is 5.32. The van der Waals surface area contributed by atoms with Gasteiger partial charge in [-0.2, -0.15) is 0 Å². The summed E-state index contributed by atoms with van der Waals surface area (Å²) in [6.45, 7) is 8.56. The first-order chi connectivity index (χ1) is 11.2. The molecule has 1 aliphatic carbocycles. The van der Waals surface area contributed by atoms with E-state index in [-0.39, 0.29) is 0 Å². The Labute approximate surface area is 142 Å². The molecule has 130 valence electrons. The molecule has 2 heterocycles. The Morgan fingerprint density at radius 2 is 1.83 bits per heavy atom. The average molecular weight is 318 g/mol. The standard InChI is InChI=1S/C20H35N3/c1-3-6-19(7-4-2)8-10-20(11-9-19)12-14-23(16-20)13-5-18-15-21-17-22-18/h15,17H,3-14,16H2,1-2H3,(H,21,22). The molecule has 1 aromatic heterocycles. The lowest BCUT2D eigenvalue weighted by molar-refractivity contribution is 0.0648. The summed E-state index contributed by atoms with van der Waals surface area (Å²) < 4.78 is 0. The molecule has 1 saturated heterocycles. The van der Waals surface area contributed by atoms with Crippen LogP contribution in [0.1, 0.15) is 77.3 Å². The topological polar surface area (TPSA) is 31.9 Å². The highest BCUT2D eigenvalue weighted by atomic mass is 15.2. The molecule has 0 bridgehead atoms. The van der Waals surface area contributed by atoms with Gasteiger partial charge in [-0.15, -0.1) is 0 Å². The van der Waals surface area contributed by atoms with Gasteiger partial charge in [0.05, 0.1) is 12.0 Å². The van der Waals surface area contributed by atoms with Gasteiger partial charge >= 0.3 is 0 Å². The molecule has 3 nitrogen and oxygen atoms in total. The van der Waals surface area contributed by atoms with Crippen molar-refractivity contribution in [2.24, 2.45) is 10.8 Å². The van der Waals surface area contributed by atoms with E-state index in [1.165, 1.54) is 83.1 Å². The number of nitrogens with one attached hydrogen (secondary N) is 1. The van der Waals surface area contributed by atoms with E-state index in [2.05, 4.69) is 28.7 Å². The normalized spacial score (nSPS) is 23.6. The van der Waals surface area contributed by atoms with Gasteiger partial charge in [0.15, 0.2) is 0 Å². The molecule has 3 rings (SSSR count). The number of rotatable bonds is 7. The Bertz CT molecular complexity index is 449. The Morgan fingerprint density at radius 3 is 2.43 bits per heavy atom. The highest BCUT2D eigenvalue weighted by molar-refractivity contribution is 4.99. The van der Waals surface area contributed by atoms with E-state index in [1.807, 2.05) is 6.20 Å². The van der Waals surface area contributed by atoms with E-state index in [0.717, 1.165) is 6.42 Å². The molecular weight excluding hydrogens is 282 g/mol. The second kappa shape index (κ2) is 7.38. The number of H-pyrrole nitrogens is 1. The summed E-state index contributed by atoms with van der Waals surface area (Å²) in [5, 5.41) is 0. The Balaban J connectivity index is 1.50. The van der Waals surface area contributed by atoms with Crippen LogP contribution < -0.4 is 0 Å². The Hall–Kier alpha value is -0.830. The zero-order chi connectivity index (χ0) is 16.2. The van der Waals surface area contributed by atoms with Crippen molar-refractivity contribution in [2.75, 3.05) is 19.6 Å². The SMILES string of the molecule is CCCC1(CCC)CCC2(CCN(CCc3c[nH]cn3)C2)CC1. The van der Waals surface area contributed by atoms with E-state index in [1.54, 1.807) is 6.33 Å². The monoisotopic (exact) mass is 317 g/mol. The second-order valence-electron chi connectivity index (χ2n) is 8.34. The van der Waals surface area contributed by atoms with Crippen LogP contribution in [0, 0.1) is 10.8 Å². The van der Waals surface area contributed by atoms with Crippen LogP contribution in [0.2, 0.25) is 0 Å². The molecular formula is C20H35N3. The van der Waals surface area contributed by atoms with Gasteiger partial charge in [-0.05, 0) is 62.3 Å². The molecule has 2 fully saturated rings. The maximum atomic E-state index is 4.36. The minimum absolute atomic E-state index is 0.649. The van der Waals surface area contributed by atoms with Gasteiger partial charge in [0.25, 0.3) is 0 Å². The van der Waals surface area contributed by atoms with Crippen molar-refractivity contribution in [1.29, 1.82) is 0 Å². The van der Waals surface area contributed by atoms with Gasteiger partial charge < -0.3 is 9.88 Å². The zero-order valence-electron chi connectivity index (χ0n) is 15.2. The summed E-state index contributed by atoms with van der Waals surface area (Å²) in [6, 6.07) is 0. The lowest BCUT2D eigenvalue weighted by Gasteiger charge is -2.45. The maximum Gasteiger partial charge on any atom is 0.0923 e. The third kappa shape index (κ3) is 3.99. The van der Waals surface area contributed by atoms with Gasteiger partial charge in [0.1, 0.15) is 0 Å². The van der Waals surface area contributed by atoms with Gasteiger partial charge in [0.2, 0.25) is 0 Å². The third-order valence-corrected chi connectivity index (χ3v) is 6.69. The molecule has 0 aromatic carbocycles. The van der Waals surface area contributed by atoms with E-state index in [4.69, 9.17) is 0 Å². The van der Waals surface area contributed by atoms with Crippen LogP contribution in [0.25, 0.3) is 0 Å². The van der Waals surface area contributed by atoms with Gasteiger partial charge in [-0.3, -0.25) is 0 Å². The third-order valence-electron chi connectivity index (χ3n) is 6.69. The van der Waals surface area contributed by atoms with Crippen LogP contribution >= 0.6 is 0 Å². The number of nitrogens with zero attached hydrogens (tertiary/aromatic N) is 2. The molecule has 0 atom stereocenters. The van der Waals surface area contributed by atoms with Gasteiger partial charge in [-0.25, -0.2) is 4.98 Å². The smallest absolute Gasteiger partial charge is 0.0923 e. The summed E-state index contributed by atoms with van der Waals surface area (Å²) in [7, 11) is 0. The largest absolute Gasteiger partial charge is 0.351 e. The van der Waals surface area contributed by atoms with Crippen LogP contribution in [0.4, 0.5) is 0 Å². The van der Waals surface area contributed by atoms with Crippen LogP contribution in [0.5, 0.6) is 0 Å². The van der Waals surface area contributed by atoms with Crippen LogP contribution in [-0.2, 0) is 6.42 Å². The van der Waals surface area contributed by atoms with E-state index >= 15 is 0 Å². The molecule has 0 unspecified atom stereocenters. The minimum atomic E-state index is 0.649. The van der Waals surface area contributed by atoms with Crippen molar-refractivity contribution in [3.63, 3.8) is 0 Å². The first-order valence-corrected chi connectivity index (χ1v) is 9.89. The highest BCUT2D eigenvalue weighted by Crippen LogP contribution is 2.53. The van der Waals surface area contributed by atoms with Crippen molar-refractivity contribution in [2.45, 2.75) is 78.1 Å². The van der Waals surface area contributed by atoms with Crippen molar-refractivity contribution in [1.82, 2.24) is 14.9 Å². The number of imidazole rings is 1.